The number of aliphatic hydroxyl groups excluding tert-OH is 1. The van der Waals surface area contributed by atoms with E-state index in [1.54, 1.807) is 12.1 Å². The van der Waals surface area contributed by atoms with Gasteiger partial charge < -0.3 is 20.9 Å². The fourth-order valence-electron chi connectivity index (χ4n) is 0.993. The van der Waals surface area contributed by atoms with Gasteiger partial charge in [-0.15, -0.1) is 0 Å². The highest BCUT2D eigenvalue weighted by molar-refractivity contribution is 5.53. The molecule has 1 aromatic heterocycles. The van der Waals surface area contributed by atoms with Crippen LogP contribution in [0.1, 0.15) is 6.92 Å². The Bertz CT molecular complexity index is 304. The lowest BCUT2D eigenvalue weighted by molar-refractivity contribution is 0.281. The van der Waals surface area contributed by atoms with Gasteiger partial charge in [0.15, 0.2) is 0 Å². The molecule has 0 aromatic carbocycles. The molecule has 1 rings (SSSR count). The van der Waals surface area contributed by atoms with E-state index in [0.29, 0.717) is 17.4 Å². The predicted molar refractivity (Wildman–Crippen MR) is 55.4 cm³/mol. The molecule has 14 heavy (non-hydrogen) atoms. The number of ether oxygens (including phenoxy) is 1. The molecule has 0 saturated carbocycles. The third-order valence-electron chi connectivity index (χ3n) is 1.75. The number of anilines is 2. The Hall–Kier alpha value is -1.49. The van der Waals surface area contributed by atoms with E-state index in [1.165, 1.54) is 7.11 Å². The van der Waals surface area contributed by atoms with Crippen molar-refractivity contribution in [3.63, 3.8) is 0 Å². The average molecular weight is 197 g/mol. The molecule has 0 fully saturated rings. The van der Waals surface area contributed by atoms with Crippen molar-refractivity contribution in [2.24, 2.45) is 0 Å². The van der Waals surface area contributed by atoms with Crippen molar-refractivity contribution in [2.45, 2.75) is 13.0 Å². The minimum atomic E-state index is -0.0455. The van der Waals surface area contributed by atoms with E-state index in [0.717, 1.165) is 0 Å². The second-order valence-electron chi connectivity index (χ2n) is 3.02. The van der Waals surface area contributed by atoms with E-state index >= 15 is 0 Å². The number of aromatic nitrogens is 1. The summed E-state index contributed by atoms with van der Waals surface area (Å²) in [6.45, 7) is 1.90. The molecule has 5 heteroatoms. The normalized spacial score (nSPS) is 12.2. The zero-order valence-corrected chi connectivity index (χ0v) is 8.32. The molecule has 0 bridgehead atoms. The number of hydrogen-bond acceptors (Lipinski definition) is 5. The SMILES string of the molecule is COc1nc(NC(C)CO)ccc1N. The smallest absolute Gasteiger partial charge is 0.238 e. The number of nitrogens with one attached hydrogen (secondary N) is 1. The average Bonchev–Trinajstić information content (AvgIpc) is 2.20. The second-order valence-corrected chi connectivity index (χ2v) is 3.02. The molecule has 1 atom stereocenters. The monoisotopic (exact) mass is 197 g/mol. The van der Waals surface area contributed by atoms with Crippen LogP contribution in [-0.2, 0) is 0 Å². The summed E-state index contributed by atoms with van der Waals surface area (Å²) in [5.74, 6) is 1.03. The van der Waals surface area contributed by atoms with E-state index in [2.05, 4.69) is 10.3 Å². The first kappa shape index (κ1) is 10.6. The molecule has 0 aliphatic heterocycles. The van der Waals surface area contributed by atoms with Gasteiger partial charge in [0.2, 0.25) is 5.88 Å². The summed E-state index contributed by atoms with van der Waals surface area (Å²) in [4.78, 5) is 4.11. The van der Waals surface area contributed by atoms with Crippen LogP contribution in [0.3, 0.4) is 0 Å². The third kappa shape index (κ3) is 2.50. The van der Waals surface area contributed by atoms with Crippen molar-refractivity contribution >= 4 is 11.5 Å². The van der Waals surface area contributed by atoms with Crippen molar-refractivity contribution in [3.05, 3.63) is 12.1 Å². The number of aliphatic hydroxyl groups is 1. The number of pyridine rings is 1. The first-order valence-electron chi connectivity index (χ1n) is 4.35. The van der Waals surface area contributed by atoms with Gasteiger partial charge in [0.05, 0.1) is 19.4 Å². The highest BCUT2D eigenvalue weighted by Crippen LogP contribution is 2.20. The standard InChI is InChI=1S/C9H15N3O2/c1-6(5-13)11-8-4-3-7(10)9(12-8)14-2/h3-4,6,13H,5,10H2,1-2H3,(H,11,12). The fraction of sp³-hybridized carbons (Fsp3) is 0.444. The van der Waals surface area contributed by atoms with Crippen molar-refractivity contribution in [1.29, 1.82) is 0 Å². The van der Waals surface area contributed by atoms with Crippen LogP contribution in [0.15, 0.2) is 12.1 Å². The van der Waals surface area contributed by atoms with Crippen molar-refractivity contribution < 1.29 is 9.84 Å². The van der Waals surface area contributed by atoms with Crippen molar-refractivity contribution in [2.75, 3.05) is 24.8 Å². The van der Waals surface area contributed by atoms with Gasteiger partial charge in [-0.05, 0) is 19.1 Å². The number of nitrogens with zero attached hydrogens (tertiary/aromatic N) is 1. The summed E-state index contributed by atoms with van der Waals surface area (Å²) in [5.41, 5.74) is 6.09. The first-order valence-corrected chi connectivity index (χ1v) is 4.35. The summed E-state index contributed by atoms with van der Waals surface area (Å²) < 4.78 is 4.96. The summed E-state index contributed by atoms with van der Waals surface area (Å²) in [5, 5.41) is 11.8. The van der Waals surface area contributed by atoms with Gasteiger partial charge in [-0.2, -0.15) is 4.98 Å². The van der Waals surface area contributed by atoms with E-state index in [9.17, 15) is 0 Å². The minimum absolute atomic E-state index is 0.0455. The highest BCUT2D eigenvalue weighted by Gasteiger charge is 2.04. The van der Waals surface area contributed by atoms with Crippen LogP contribution in [-0.4, -0.2) is 29.8 Å². The molecule has 0 saturated heterocycles. The van der Waals surface area contributed by atoms with E-state index < -0.39 is 0 Å². The highest BCUT2D eigenvalue weighted by atomic mass is 16.5. The van der Waals surface area contributed by atoms with Gasteiger partial charge in [-0.3, -0.25) is 0 Å². The van der Waals surface area contributed by atoms with Crippen LogP contribution < -0.4 is 15.8 Å². The fourth-order valence-corrected chi connectivity index (χ4v) is 0.993. The molecule has 1 aromatic rings. The zero-order chi connectivity index (χ0) is 10.6. The van der Waals surface area contributed by atoms with Gasteiger partial charge in [0.1, 0.15) is 5.82 Å². The van der Waals surface area contributed by atoms with Gasteiger partial charge >= 0.3 is 0 Å². The minimum Gasteiger partial charge on any atom is -0.479 e. The molecular weight excluding hydrogens is 182 g/mol. The number of nitrogen functional groups attached to an aromatic ring is 1. The maximum atomic E-state index is 8.83. The van der Waals surface area contributed by atoms with Crippen molar-refractivity contribution in [1.82, 2.24) is 4.98 Å². The molecule has 0 aliphatic rings. The molecule has 1 unspecified atom stereocenters. The zero-order valence-electron chi connectivity index (χ0n) is 8.32. The lowest BCUT2D eigenvalue weighted by Gasteiger charge is -2.12. The summed E-state index contributed by atoms with van der Waals surface area (Å²) >= 11 is 0. The van der Waals surface area contributed by atoms with Crippen LogP contribution in [0.25, 0.3) is 0 Å². The maximum absolute atomic E-state index is 8.83. The first-order chi connectivity index (χ1) is 6.67. The number of hydrogen-bond donors (Lipinski definition) is 3. The molecule has 0 amide bonds. The Morgan fingerprint density at radius 3 is 2.93 bits per heavy atom. The lowest BCUT2D eigenvalue weighted by Crippen LogP contribution is -2.20. The van der Waals surface area contributed by atoms with E-state index in [-0.39, 0.29) is 12.6 Å². The quantitative estimate of drug-likeness (QED) is 0.653. The second kappa shape index (κ2) is 4.66. The number of nitrogens with two attached hydrogens (primary N) is 1. The molecular formula is C9H15N3O2. The molecule has 5 nitrogen and oxygen atoms in total. The molecule has 1 heterocycles. The molecule has 0 radical (unpaired) electrons. The third-order valence-corrected chi connectivity index (χ3v) is 1.75. The molecule has 4 N–H and O–H groups in total. The van der Waals surface area contributed by atoms with Gasteiger partial charge in [-0.25, -0.2) is 0 Å². The van der Waals surface area contributed by atoms with E-state index in [4.69, 9.17) is 15.6 Å². The Kier molecular flexibility index (Phi) is 3.53. The Morgan fingerprint density at radius 2 is 2.36 bits per heavy atom. The van der Waals surface area contributed by atoms with Crippen molar-refractivity contribution in [3.8, 4) is 5.88 Å². The van der Waals surface area contributed by atoms with E-state index in [1.807, 2.05) is 6.92 Å². The largest absolute Gasteiger partial charge is 0.479 e. The van der Waals surface area contributed by atoms with Crippen LogP contribution in [0.4, 0.5) is 11.5 Å². The number of methoxy groups -OCH3 is 1. The maximum Gasteiger partial charge on any atom is 0.238 e. The topological polar surface area (TPSA) is 80.4 Å². The van der Waals surface area contributed by atoms with Gasteiger partial charge in [0.25, 0.3) is 0 Å². The van der Waals surface area contributed by atoms with Crippen LogP contribution in [0.5, 0.6) is 5.88 Å². The van der Waals surface area contributed by atoms with Crippen LogP contribution >= 0.6 is 0 Å². The Labute approximate surface area is 82.9 Å². The summed E-state index contributed by atoms with van der Waals surface area (Å²) in [6.07, 6.45) is 0. The number of rotatable bonds is 4. The Balaban J connectivity index is 2.79. The molecule has 0 aliphatic carbocycles. The van der Waals surface area contributed by atoms with Gasteiger partial charge in [0, 0.05) is 6.04 Å². The summed E-state index contributed by atoms with van der Waals surface area (Å²) in [7, 11) is 1.51. The van der Waals surface area contributed by atoms with Gasteiger partial charge in [-0.1, -0.05) is 0 Å². The summed E-state index contributed by atoms with van der Waals surface area (Å²) in [6, 6.07) is 3.40. The predicted octanol–water partition coefficient (Wildman–Crippen LogP) is 0.465. The molecule has 78 valence electrons. The van der Waals surface area contributed by atoms with Crippen LogP contribution in [0.2, 0.25) is 0 Å². The molecule has 0 spiro atoms. The van der Waals surface area contributed by atoms with Crippen LogP contribution in [0, 0.1) is 0 Å². The Morgan fingerprint density at radius 1 is 1.64 bits per heavy atom. The lowest BCUT2D eigenvalue weighted by atomic mass is 10.3.